The standard InChI is InChI=1S/C14H16N2O2.C13H14N2O.C7H10N2O2.C6H8N2O/c1-11-15-8-14(13(16-11)10-17-2)18-9-12-6-4-3-5-7-12;1-10-13(8-14-11(2)15-10)16-9-12-6-4-3-5-7-12;1-5-8-3-7(10)6(9-5)4-11-2;1-4-6(9)3-7-5(2)8-4/h3-8H,9-10H2,1-2H3;3-8H,9H2,1-2H3;3,10H,4H2,1-2H3;3,9H,1-2H3. The summed E-state index contributed by atoms with van der Waals surface area (Å²) >= 11 is 0. The van der Waals surface area contributed by atoms with Crippen LogP contribution in [0.15, 0.2) is 85.5 Å². The lowest BCUT2D eigenvalue weighted by atomic mass is 10.2. The molecule has 0 radical (unpaired) electrons. The van der Waals surface area contributed by atoms with Crippen LogP contribution in [0.25, 0.3) is 0 Å². The van der Waals surface area contributed by atoms with Gasteiger partial charge in [-0.1, -0.05) is 60.7 Å². The third kappa shape index (κ3) is 15.2. The lowest BCUT2D eigenvalue weighted by Crippen LogP contribution is -2.04. The quantitative estimate of drug-likeness (QED) is 0.153. The smallest absolute Gasteiger partial charge is 0.162 e. The van der Waals surface area contributed by atoms with E-state index in [9.17, 15) is 0 Å². The number of aromatic nitrogens is 8. The summed E-state index contributed by atoms with van der Waals surface area (Å²) in [5.41, 5.74) is 5.07. The molecule has 6 rings (SSSR count). The van der Waals surface area contributed by atoms with Gasteiger partial charge in [0.25, 0.3) is 0 Å². The van der Waals surface area contributed by atoms with Gasteiger partial charge >= 0.3 is 0 Å². The highest BCUT2D eigenvalue weighted by Gasteiger charge is 2.07. The first-order valence-corrected chi connectivity index (χ1v) is 16.9. The Balaban J connectivity index is 0.000000200. The van der Waals surface area contributed by atoms with Gasteiger partial charge < -0.3 is 29.2 Å². The van der Waals surface area contributed by atoms with Gasteiger partial charge in [0.05, 0.1) is 49.4 Å². The van der Waals surface area contributed by atoms with Gasteiger partial charge in [-0.25, -0.2) is 39.9 Å². The SMILES string of the molecule is COCc1nc(C)ncc1O.COCc1nc(C)ncc1OCc1ccccc1.Cc1ncc(O)c(C)n1.Cc1ncc(OCc2ccccc2)c(C)n1. The molecule has 54 heavy (non-hydrogen) atoms. The molecule has 0 amide bonds. The Morgan fingerprint density at radius 1 is 0.444 bits per heavy atom. The number of nitrogens with zero attached hydrogens (tertiary/aromatic N) is 8. The van der Waals surface area contributed by atoms with Crippen molar-refractivity contribution in [2.24, 2.45) is 0 Å². The predicted octanol–water partition coefficient (Wildman–Crippen LogP) is 6.62. The highest BCUT2D eigenvalue weighted by molar-refractivity contribution is 5.26. The van der Waals surface area contributed by atoms with E-state index in [-0.39, 0.29) is 11.5 Å². The van der Waals surface area contributed by atoms with E-state index >= 15 is 0 Å². The molecule has 0 saturated heterocycles. The van der Waals surface area contributed by atoms with E-state index in [1.807, 2.05) is 81.4 Å². The van der Waals surface area contributed by atoms with Gasteiger partial charge in [-0.15, -0.1) is 0 Å². The molecule has 0 aliphatic carbocycles. The first-order valence-electron chi connectivity index (χ1n) is 16.9. The van der Waals surface area contributed by atoms with E-state index < -0.39 is 0 Å². The predicted molar refractivity (Wildman–Crippen MR) is 203 cm³/mol. The van der Waals surface area contributed by atoms with Crippen LogP contribution in [0.3, 0.4) is 0 Å². The van der Waals surface area contributed by atoms with Gasteiger partial charge in [0.1, 0.15) is 47.9 Å². The maximum atomic E-state index is 9.16. The first kappa shape index (κ1) is 42.3. The Hall–Kier alpha value is -6.12. The Morgan fingerprint density at radius 2 is 0.852 bits per heavy atom. The molecule has 6 aromatic rings. The van der Waals surface area contributed by atoms with Crippen molar-refractivity contribution in [3.63, 3.8) is 0 Å². The van der Waals surface area contributed by atoms with Crippen molar-refractivity contribution in [3.8, 4) is 23.0 Å². The van der Waals surface area contributed by atoms with Gasteiger partial charge in [-0.3, -0.25) is 0 Å². The summed E-state index contributed by atoms with van der Waals surface area (Å²) in [7, 11) is 3.19. The Kier molecular flexibility index (Phi) is 17.8. The normalized spacial score (nSPS) is 10.1. The van der Waals surface area contributed by atoms with Crippen LogP contribution in [0.2, 0.25) is 0 Å². The largest absolute Gasteiger partial charge is 0.504 e. The van der Waals surface area contributed by atoms with E-state index in [1.165, 1.54) is 12.4 Å². The van der Waals surface area contributed by atoms with Crippen LogP contribution in [0.1, 0.15) is 57.2 Å². The van der Waals surface area contributed by atoms with Crippen LogP contribution in [-0.2, 0) is 35.9 Å². The van der Waals surface area contributed by atoms with Crippen molar-refractivity contribution >= 4 is 0 Å². The molecular weight excluding hydrogens is 688 g/mol. The van der Waals surface area contributed by atoms with Gasteiger partial charge in [0.15, 0.2) is 23.0 Å². The highest BCUT2D eigenvalue weighted by Crippen LogP contribution is 2.18. The number of hydrogen-bond donors (Lipinski definition) is 2. The van der Waals surface area contributed by atoms with E-state index in [0.29, 0.717) is 61.0 Å². The average molecular weight is 737 g/mol. The van der Waals surface area contributed by atoms with Gasteiger partial charge in [-0.2, -0.15) is 0 Å². The van der Waals surface area contributed by atoms with Crippen molar-refractivity contribution < 1.29 is 29.2 Å². The molecule has 2 N–H and O–H groups in total. The molecule has 0 aliphatic heterocycles. The molecule has 0 atom stereocenters. The van der Waals surface area contributed by atoms with Gasteiger partial charge in [0, 0.05) is 14.2 Å². The molecule has 0 unspecified atom stereocenters. The fourth-order valence-corrected chi connectivity index (χ4v) is 4.38. The molecule has 0 saturated carbocycles. The number of aromatic hydroxyl groups is 2. The Labute approximate surface area is 316 Å². The molecule has 4 aromatic heterocycles. The fourth-order valence-electron chi connectivity index (χ4n) is 4.38. The van der Waals surface area contributed by atoms with E-state index in [2.05, 4.69) is 39.9 Å². The second-order valence-corrected chi connectivity index (χ2v) is 11.6. The van der Waals surface area contributed by atoms with Crippen molar-refractivity contribution in [2.75, 3.05) is 14.2 Å². The molecule has 14 nitrogen and oxygen atoms in total. The third-order valence-electron chi connectivity index (χ3n) is 7.08. The summed E-state index contributed by atoms with van der Waals surface area (Å²) in [5.74, 6) is 4.46. The summed E-state index contributed by atoms with van der Waals surface area (Å²) in [5, 5.41) is 18.1. The molecule has 0 bridgehead atoms. The van der Waals surface area contributed by atoms with Crippen LogP contribution in [0.5, 0.6) is 23.0 Å². The number of hydrogen-bond acceptors (Lipinski definition) is 14. The van der Waals surface area contributed by atoms with Crippen LogP contribution in [0.4, 0.5) is 0 Å². The highest BCUT2D eigenvalue weighted by atomic mass is 16.5. The molecule has 0 spiro atoms. The number of methoxy groups -OCH3 is 2. The van der Waals surface area contributed by atoms with E-state index in [4.69, 9.17) is 29.2 Å². The van der Waals surface area contributed by atoms with Crippen LogP contribution in [-0.4, -0.2) is 64.3 Å². The lowest BCUT2D eigenvalue weighted by Gasteiger charge is -2.10. The minimum atomic E-state index is 0.0810. The summed E-state index contributed by atoms with van der Waals surface area (Å²) in [4.78, 5) is 32.3. The number of rotatable bonds is 10. The lowest BCUT2D eigenvalue weighted by molar-refractivity contribution is 0.174. The zero-order valence-corrected chi connectivity index (χ0v) is 32.0. The second-order valence-electron chi connectivity index (χ2n) is 11.6. The molecule has 2 aromatic carbocycles. The van der Waals surface area contributed by atoms with Crippen molar-refractivity contribution in [1.29, 1.82) is 0 Å². The third-order valence-corrected chi connectivity index (χ3v) is 7.08. The van der Waals surface area contributed by atoms with Crippen LogP contribution < -0.4 is 9.47 Å². The van der Waals surface area contributed by atoms with Crippen molar-refractivity contribution in [2.45, 2.75) is 68.0 Å². The number of benzene rings is 2. The number of ether oxygens (including phenoxy) is 4. The fraction of sp³-hybridized carbons (Fsp3) is 0.300. The monoisotopic (exact) mass is 736 g/mol. The molecule has 0 fully saturated rings. The topological polar surface area (TPSA) is 180 Å². The summed E-state index contributed by atoms with van der Waals surface area (Å²) in [6, 6.07) is 20.0. The van der Waals surface area contributed by atoms with E-state index in [0.717, 1.165) is 34.1 Å². The minimum absolute atomic E-state index is 0.0810. The van der Waals surface area contributed by atoms with Crippen LogP contribution in [0, 0.1) is 41.5 Å². The maximum absolute atomic E-state index is 9.16. The van der Waals surface area contributed by atoms with Gasteiger partial charge in [-0.05, 0) is 52.7 Å². The minimum Gasteiger partial charge on any atom is -0.504 e. The van der Waals surface area contributed by atoms with Crippen molar-refractivity contribution in [3.05, 3.63) is 143 Å². The summed E-state index contributed by atoms with van der Waals surface area (Å²) in [6.45, 7) is 12.7. The average Bonchev–Trinajstić information content (AvgIpc) is 3.16. The van der Waals surface area contributed by atoms with Crippen molar-refractivity contribution in [1.82, 2.24) is 39.9 Å². The Bertz CT molecular complexity index is 2000. The molecule has 0 aliphatic rings. The Morgan fingerprint density at radius 3 is 1.33 bits per heavy atom. The van der Waals surface area contributed by atoms with Gasteiger partial charge in [0.2, 0.25) is 0 Å². The zero-order valence-electron chi connectivity index (χ0n) is 32.0. The maximum Gasteiger partial charge on any atom is 0.162 e. The first-order chi connectivity index (χ1) is 26.0. The summed E-state index contributed by atoms with van der Waals surface area (Å²) < 4.78 is 21.3. The molecule has 14 heteroatoms. The molecular formula is C40H48N8O6. The zero-order chi connectivity index (χ0) is 39.3. The van der Waals surface area contributed by atoms with E-state index in [1.54, 1.807) is 47.4 Å². The number of aryl methyl sites for hydroxylation is 6. The molecule has 284 valence electrons. The second kappa shape index (κ2) is 22.7. The van der Waals surface area contributed by atoms with Crippen LogP contribution >= 0.6 is 0 Å². The molecule has 4 heterocycles. The summed E-state index contributed by atoms with van der Waals surface area (Å²) in [6.07, 6.45) is 6.19.